The van der Waals surface area contributed by atoms with Gasteiger partial charge in [-0.05, 0) is 97.5 Å². The van der Waals surface area contributed by atoms with E-state index in [1.807, 2.05) is 18.5 Å². The third-order valence-corrected chi connectivity index (χ3v) is 6.02. The van der Waals surface area contributed by atoms with E-state index in [9.17, 15) is 0 Å². The number of halogens is 1. The molecule has 0 spiro atoms. The lowest BCUT2D eigenvalue weighted by atomic mass is 10.2. The van der Waals surface area contributed by atoms with E-state index < -0.39 is 0 Å². The van der Waals surface area contributed by atoms with Crippen molar-refractivity contribution >= 4 is 45.4 Å². The van der Waals surface area contributed by atoms with Gasteiger partial charge in [0, 0.05) is 44.0 Å². The summed E-state index contributed by atoms with van der Waals surface area (Å²) in [5, 5.41) is 1.15. The first-order valence-corrected chi connectivity index (χ1v) is 9.95. The molecule has 0 bridgehead atoms. The minimum Gasteiger partial charge on any atom is -0.318 e. The van der Waals surface area contributed by atoms with Gasteiger partial charge in [0.25, 0.3) is 0 Å². The molecule has 0 aliphatic rings. The lowest BCUT2D eigenvalue weighted by Crippen LogP contribution is -1.99. The monoisotopic (exact) mass is 465 g/mol. The van der Waals surface area contributed by atoms with Crippen molar-refractivity contribution in [3.8, 4) is 5.69 Å². The maximum atomic E-state index is 4.69. The predicted molar refractivity (Wildman–Crippen MR) is 122 cm³/mol. The quantitative estimate of drug-likeness (QED) is 0.258. The van der Waals surface area contributed by atoms with Gasteiger partial charge < -0.3 is 4.57 Å². The summed E-state index contributed by atoms with van der Waals surface area (Å²) in [6.07, 6.45) is 3.79. The van der Waals surface area contributed by atoms with Crippen molar-refractivity contribution < 1.29 is 0 Å². The third-order valence-electron chi connectivity index (χ3n) is 4.81. The molecule has 0 N–H and O–H groups in total. The van der Waals surface area contributed by atoms with Crippen LogP contribution in [0.15, 0.2) is 65.8 Å². The van der Waals surface area contributed by atoms with Gasteiger partial charge in [-0.25, -0.2) is 0 Å². The molecule has 4 aromatic rings. The van der Waals surface area contributed by atoms with Gasteiger partial charge >= 0.3 is 0 Å². The maximum absolute atomic E-state index is 4.69. The Hall–Kier alpha value is -2.47. The number of nitrogens with zero attached hydrogens (tertiary/aromatic N) is 3. The minimum absolute atomic E-state index is 0.981. The van der Waals surface area contributed by atoms with Crippen LogP contribution in [0.3, 0.4) is 0 Å². The first-order valence-electron chi connectivity index (χ1n) is 8.87. The molecule has 134 valence electrons. The van der Waals surface area contributed by atoms with Crippen LogP contribution in [0.25, 0.3) is 16.6 Å². The van der Waals surface area contributed by atoms with Crippen molar-refractivity contribution in [2.45, 2.75) is 20.8 Å². The number of hydrogen-bond acceptors (Lipinski definition) is 2. The van der Waals surface area contributed by atoms with Crippen LogP contribution in [0.2, 0.25) is 0 Å². The Morgan fingerprint density at radius 1 is 1.00 bits per heavy atom. The van der Waals surface area contributed by atoms with Crippen LogP contribution in [0.4, 0.5) is 5.69 Å². The largest absolute Gasteiger partial charge is 0.318 e. The normalized spacial score (nSPS) is 11.6. The molecule has 0 amide bonds. The van der Waals surface area contributed by atoms with Crippen LogP contribution in [-0.4, -0.2) is 15.8 Å². The fourth-order valence-corrected chi connectivity index (χ4v) is 3.71. The summed E-state index contributed by atoms with van der Waals surface area (Å²) in [6.45, 7) is 6.38. The van der Waals surface area contributed by atoms with Crippen molar-refractivity contribution in [2.24, 2.45) is 4.99 Å². The first-order chi connectivity index (χ1) is 13.0. The van der Waals surface area contributed by atoms with E-state index in [4.69, 9.17) is 0 Å². The Kier molecular flexibility index (Phi) is 4.83. The first kappa shape index (κ1) is 17.9. The summed E-state index contributed by atoms with van der Waals surface area (Å²) < 4.78 is 3.53. The third kappa shape index (κ3) is 3.54. The van der Waals surface area contributed by atoms with Crippen LogP contribution in [0.5, 0.6) is 0 Å². The Labute approximate surface area is 172 Å². The Balaban J connectivity index is 1.72. The number of pyridine rings is 1. The Morgan fingerprint density at radius 2 is 1.85 bits per heavy atom. The fraction of sp³-hybridized carbons (Fsp3) is 0.130. The van der Waals surface area contributed by atoms with Crippen molar-refractivity contribution in [1.29, 1.82) is 0 Å². The standard InChI is InChI=1S/C23H20IN3/c1-15-11-20(6-8-22(15)24)26-14-19-12-16(2)27(17(19)3)21-7-9-23-18(13-21)5-4-10-25-23/h4-14H,1-3H3. The smallest absolute Gasteiger partial charge is 0.0703 e. The molecule has 27 heavy (non-hydrogen) atoms. The van der Waals surface area contributed by atoms with E-state index in [1.54, 1.807) is 0 Å². The number of aryl methyl sites for hydroxylation is 2. The number of aliphatic imine (C=N–C) groups is 1. The minimum atomic E-state index is 0.981. The number of fused-ring (bicyclic) bond motifs is 1. The van der Waals surface area contributed by atoms with E-state index in [0.717, 1.165) is 27.8 Å². The van der Waals surface area contributed by atoms with Crippen LogP contribution in [-0.2, 0) is 0 Å². The summed E-state index contributed by atoms with van der Waals surface area (Å²) in [6, 6.07) is 18.9. The SMILES string of the molecule is Cc1cc(N=Cc2cc(C)n(-c3ccc4ncccc4c3)c2C)ccc1I. The van der Waals surface area contributed by atoms with Crippen LogP contribution in [0, 0.1) is 24.3 Å². The molecule has 2 heterocycles. The summed E-state index contributed by atoms with van der Waals surface area (Å²) >= 11 is 2.35. The second-order valence-corrected chi connectivity index (χ2v) is 7.90. The molecule has 0 unspecified atom stereocenters. The Morgan fingerprint density at radius 3 is 2.67 bits per heavy atom. The number of hydrogen-bond donors (Lipinski definition) is 0. The molecular formula is C23H20IN3. The molecule has 0 saturated heterocycles. The zero-order valence-electron chi connectivity index (χ0n) is 15.6. The fourth-order valence-electron chi connectivity index (χ4n) is 3.37. The number of aromatic nitrogens is 2. The molecule has 0 aliphatic heterocycles. The van der Waals surface area contributed by atoms with E-state index >= 15 is 0 Å². The predicted octanol–water partition coefficient (Wildman–Crippen LogP) is 6.31. The molecule has 4 heteroatoms. The van der Waals surface area contributed by atoms with Crippen molar-refractivity contribution in [3.05, 3.63) is 86.9 Å². The zero-order chi connectivity index (χ0) is 19.0. The van der Waals surface area contributed by atoms with Gasteiger partial charge in [0.15, 0.2) is 0 Å². The summed E-state index contributed by atoms with van der Waals surface area (Å²) in [7, 11) is 0. The van der Waals surface area contributed by atoms with Crippen molar-refractivity contribution in [3.63, 3.8) is 0 Å². The summed E-state index contributed by atoms with van der Waals surface area (Å²) in [5.41, 5.74) is 7.90. The Bertz CT molecular complexity index is 1170. The second kappa shape index (κ2) is 7.27. The van der Waals surface area contributed by atoms with Gasteiger partial charge in [0.1, 0.15) is 0 Å². The highest BCUT2D eigenvalue weighted by atomic mass is 127. The summed E-state index contributed by atoms with van der Waals surface area (Å²) in [5.74, 6) is 0. The van der Waals surface area contributed by atoms with E-state index in [1.165, 1.54) is 20.5 Å². The highest BCUT2D eigenvalue weighted by Crippen LogP contribution is 2.24. The van der Waals surface area contributed by atoms with Crippen LogP contribution >= 0.6 is 22.6 Å². The number of rotatable bonds is 3. The van der Waals surface area contributed by atoms with Gasteiger partial charge in [-0.15, -0.1) is 0 Å². The molecule has 2 aromatic carbocycles. The molecule has 4 rings (SSSR count). The molecule has 0 atom stereocenters. The van der Waals surface area contributed by atoms with Gasteiger partial charge in [0.05, 0.1) is 11.2 Å². The van der Waals surface area contributed by atoms with Gasteiger partial charge in [-0.3, -0.25) is 9.98 Å². The zero-order valence-corrected chi connectivity index (χ0v) is 17.7. The van der Waals surface area contributed by atoms with E-state index in [0.29, 0.717) is 0 Å². The molecule has 2 aromatic heterocycles. The lowest BCUT2D eigenvalue weighted by Gasteiger charge is -2.10. The number of benzene rings is 2. The average molecular weight is 465 g/mol. The van der Waals surface area contributed by atoms with Gasteiger partial charge in [0.2, 0.25) is 0 Å². The van der Waals surface area contributed by atoms with E-state index in [2.05, 4.69) is 106 Å². The molecule has 3 nitrogen and oxygen atoms in total. The summed E-state index contributed by atoms with van der Waals surface area (Å²) in [4.78, 5) is 9.10. The molecule has 0 saturated carbocycles. The topological polar surface area (TPSA) is 30.2 Å². The second-order valence-electron chi connectivity index (χ2n) is 6.73. The molecule has 0 radical (unpaired) electrons. The average Bonchev–Trinajstić information content (AvgIpc) is 2.96. The molecule has 0 aliphatic carbocycles. The highest BCUT2D eigenvalue weighted by molar-refractivity contribution is 14.1. The van der Waals surface area contributed by atoms with Crippen molar-refractivity contribution in [2.75, 3.05) is 0 Å². The molecular weight excluding hydrogens is 445 g/mol. The molecule has 0 fully saturated rings. The maximum Gasteiger partial charge on any atom is 0.0703 e. The van der Waals surface area contributed by atoms with Crippen molar-refractivity contribution in [1.82, 2.24) is 9.55 Å². The van der Waals surface area contributed by atoms with Crippen LogP contribution < -0.4 is 0 Å². The lowest BCUT2D eigenvalue weighted by molar-refractivity contribution is 0.967. The highest BCUT2D eigenvalue weighted by Gasteiger charge is 2.10. The van der Waals surface area contributed by atoms with Crippen LogP contribution in [0.1, 0.15) is 22.5 Å². The van der Waals surface area contributed by atoms with E-state index in [-0.39, 0.29) is 0 Å². The van der Waals surface area contributed by atoms with Gasteiger partial charge in [-0.2, -0.15) is 0 Å². The van der Waals surface area contributed by atoms with Gasteiger partial charge in [-0.1, -0.05) is 6.07 Å².